The average Bonchev–Trinajstić information content (AvgIpc) is 2.36. The quantitative estimate of drug-likeness (QED) is 0.839. The summed E-state index contributed by atoms with van der Waals surface area (Å²) in [4.78, 5) is 3.72. The van der Waals surface area contributed by atoms with E-state index < -0.39 is 11.7 Å². The lowest BCUT2D eigenvalue weighted by Gasteiger charge is -2.09. The van der Waals surface area contributed by atoms with E-state index >= 15 is 0 Å². The zero-order chi connectivity index (χ0) is 13.9. The Hall–Kier alpha value is -2.24. The number of pyridine rings is 1. The molecule has 0 fully saturated rings. The Morgan fingerprint density at radius 1 is 1.16 bits per heavy atom. The molecular formula is C13H12F3N3. The minimum Gasteiger partial charge on any atom is -0.399 e. The predicted molar refractivity (Wildman–Crippen MR) is 67.4 cm³/mol. The predicted octanol–water partition coefficient (Wildman–Crippen LogP) is 3.29. The third kappa shape index (κ3) is 3.61. The second kappa shape index (κ2) is 5.17. The van der Waals surface area contributed by atoms with Crippen LogP contribution in [0.25, 0.3) is 0 Å². The molecule has 0 amide bonds. The summed E-state index contributed by atoms with van der Waals surface area (Å²) in [6, 6.07) is 9.53. The molecule has 0 unspecified atom stereocenters. The zero-order valence-corrected chi connectivity index (χ0v) is 9.91. The molecule has 100 valence electrons. The second-order valence-electron chi connectivity index (χ2n) is 4.03. The molecule has 2 aromatic rings. The minimum atomic E-state index is -4.36. The van der Waals surface area contributed by atoms with Crippen LogP contribution in [0.4, 0.5) is 24.7 Å². The molecule has 1 aromatic carbocycles. The Morgan fingerprint density at radius 3 is 2.53 bits per heavy atom. The molecule has 1 heterocycles. The molecule has 0 bridgehead atoms. The number of benzene rings is 1. The van der Waals surface area contributed by atoms with E-state index in [1.165, 1.54) is 6.07 Å². The van der Waals surface area contributed by atoms with Gasteiger partial charge in [-0.05, 0) is 29.8 Å². The number of hydrogen-bond donors (Lipinski definition) is 2. The zero-order valence-electron chi connectivity index (χ0n) is 9.91. The highest BCUT2D eigenvalue weighted by Gasteiger charge is 2.30. The molecular weight excluding hydrogens is 255 g/mol. The molecule has 6 heteroatoms. The van der Waals surface area contributed by atoms with Crippen LogP contribution < -0.4 is 11.1 Å². The molecule has 0 saturated carbocycles. The van der Waals surface area contributed by atoms with Gasteiger partial charge in [0.1, 0.15) is 5.82 Å². The van der Waals surface area contributed by atoms with Crippen LogP contribution in [0, 0.1) is 0 Å². The third-order valence-corrected chi connectivity index (χ3v) is 2.52. The van der Waals surface area contributed by atoms with Crippen LogP contribution in [-0.2, 0) is 12.7 Å². The van der Waals surface area contributed by atoms with Gasteiger partial charge in [-0.25, -0.2) is 4.98 Å². The molecule has 0 saturated heterocycles. The molecule has 0 aliphatic heterocycles. The highest BCUT2D eigenvalue weighted by Crippen LogP contribution is 2.28. The van der Waals surface area contributed by atoms with Crippen molar-refractivity contribution in [2.45, 2.75) is 12.7 Å². The van der Waals surface area contributed by atoms with E-state index in [-0.39, 0.29) is 0 Å². The fourth-order valence-electron chi connectivity index (χ4n) is 1.56. The van der Waals surface area contributed by atoms with E-state index in [4.69, 9.17) is 5.73 Å². The number of nitrogens with one attached hydrogen (secondary N) is 1. The number of alkyl halides is 3. The van der Waals surface area contributed by atoms with Crippen LogP contribution in [-0.4, -0.2) is 4.98 Å². The van der Waals surface area contributed by atoms with Gasteiger partial charge in [0.05, 0.1) is 5.56 Å². The van der Waals surface area contributed by atoms with Crippen LogP contribution in [0.1, 0.15) is 11.1 Å². The Labute approximate surface area is 108 Å². The van der Waals surface area contributed by atoms with Gasteiger partial charge < -0.3 is 11.1 Å². The van der Waals surface area contributed by atoms with Crippen molar-refractivity contribution in [3.63, 3.8) is 0 Å². The summed E-state index contributed by atoms with van der Waals surface area (Å²) < 4.78 is 37.0. The van der Waals surface area contributed by atoms with Gasteiger partial charge >= 0.3 is 6.18 Å². The summed E-state index contributed by atoms with van der Waals surface area (Å²) in [5, 5.41) is 2.93. The first-order valence-corrected chi connectivity index (χ1v) is 5.57. The van der Waals surface area contributed by atoms with Gasteiger partial charge in [-0.2, -0.15) is 13.2 Å². The van der Waals surface area contributed by atoms with Crippen molar-refractivity contribution in [3.8, 4) is 0 Å². The summed E-state index contributed by atoms with van der Waals surface area (Å²) in [7, 11) is 0. The van der Waals surface area contributed by atoms with Crippen molar-refractivity contribution in [1.82, 2.24) is 4.98 Å². The Morgan fingerprint density at radius 2 is 1.95 bits per heavy atom. The maximum Gasteiger partial charge on any atom is 0.417 e. The van der Waals surface area contributed by atoms with Crippen LogP contribution in [0.15, 0.2) is 42.6 Å². The van der Waals surface area contributed by atoms with E-state index in [0.29, 0.717) is 18.1 Å². The molecule has 0 atom stereocenters. The monoisotopic (exact) mass is 267 g/mol. The third-order valence-electron chi connectivity index (χ3n) is 2.52. The van der Waals surface area contributed by atoms with Crippen LogP contribution in [0.5, 0.6) is 0 Å². The summed E-state index contributed by atoms with van der Waals surface area (Å²) in [6.07, 6.45) is -3.55. The van der Waals surface area contributed by atoms with Crippen LogP contribution >= 0.6 is 0 Å². The van der Waals surface area contributed by atoms with Gasteiger partial charge in [-0.15, -0.1) is 0 Å². The second-order valence-corrected chi connectivity index (χ2v) is 4.03. The maximum atomic E-state index is 12.3. The van der Waals surface area contributed by atoms with Gasteiger partial charge in [-0.1, -0.05) is 12.1 Å². The molecule has 0 aliphatic rings. The molecule has 0 radical (unpaired) electrons. The number of aromatic nitrogens is 1. The number of halogens is 3. The lowest BCUT2D eigenvalue weighted by Crippen LogP contribution is -2.07. The van der Waals surface area contributed by atoms with Gasteiger partial charge in [0.25, 0.3) is 0 Å². The molecule has 0 spiro atoms. The molecule has 3 nitrogen and oxygen atoms in total. The van der Waals surface area contributed by atoms with Crippen molar-refractivity contribution in [2.75, 3.05) is 11.1 Å². The standard InChI is InChI=1S/C13H12F3N3/c14-13(15,16)10-4-5-12(19-8-10)18-7-9-2-1-3-11(17)6-9/h1-6,8H,7,17H2,(H,18,19). The summed E-state index contributed by atoms with van der Waals surface area (Å²) >= 11 is 0. The Bertz CT molecular complexity index is 550. The summed E-state index contributed by atoms with van der Waals surface area (Å²) in [6.45, 7) is 0.448. The first kappa shape index (κ1) is 13.2. The van der Waals surface area contributed by atoms with E-state index in [2.05, 4.69) is 10.3 Å². The fourth-order valence-corrected chi connectivity index (χ4v) is 1.56. The number of anilines is 2. The molecule has 3 N–H and O–H groups in total. The highest BCUT2D eigenvalue weighted by molar-refractivity contribution is 5.43. The van der Waals surface area contributed by atoms with Gasteiger partial charge in [-0.3, -0.25) is 0 Å². The van der Waals surface area contributed by atoms with Gasteiger partial charge in [0, 0.05) is 18.4 Å². The number of nitrogens with two attached hydrogens (primary N) is 1. The largest absolute Gasteiger partial charge is 0.417 e. The number of nitrogens with zero attached hydrogens (tertiary/aromatic N) is 1. The van der Waals surface area contributed by atoms with E-state index in [1.807, 2.05) is 12.1 Å². The first-order chi connectivity index (χ1) is 8.95. The fraction of sp³-hybridized carbons (Fsp3) is 0.154. The summed E-state index contributed by atoms with van der Waals surface area (Å²) in [5.74, 6) is 0.385. The van der Waals surface area contributed by atoms with Gasteiger partial charge in [0.15, 0.2) is 0 Å². The Kier molecular flexibility index (Phi) is 3.59. The maximum absolute atomic E-state index is 12.3. The SMILES string of the molecule is Nc1cccc(CNc2ccc(C(F)(F)F)cn2)c1. The average molecular weight is 267 g/mol. The molecule has 1 aromatic heterocycles. The van der Waals surface area contributed by atoms with Crippen LogP contribution in [0.3, 0.4) is 0 Å². The normalized spacial score (nSPS) is 11.3. The number of rotatable bonds is 3. The van der Waals surface area contributed by atoms with E-state index in [1.54, 1.807) is 12.1 Å². The smallest absolute Gasteiger partial charge is 0.399 e. The van der Waals surface area contributed by atoms with Gasteiger partial charge in [0.2, 0.25) is 0 Å². The molecule has 19 heavy (non-hydrogen) atoms. The number of nitrogen functional groups attached to an aromatic ring is 1. The van der Waals surface area contributed by atoms with E-state index in [9.17, 15) is 13.2 Å². The Balaban J connectivity index is 2.01. The molecule has 0 aliphatic carbocycles. The van der Waals surface area contributed by atoms with Crippen molar-refractivity contribution >= 4 is 11.5 Å². The van der Waals surface area contributed by atoms with Crippen molar-refractivity contribution < 1.29 is 13.2 Å². The van der Waals surface area contributed by atoms with Crippen LogP contribution in [0.2, 0.25) is 0 Å². The van der Waals surface area contributed by atoms with Crippen molar-refractivity contribution in [1.29, 1.82) is 0 Å². The minimum absolute atomic E-state index is 0.385. The first-order valence-electron chi connectivity index (χ1n) is 5.57. The summed E-state index contributed by atoms with van der Waals surface area (Å²) in [5.41, 5.74) is 6.44. The highest BCUT2D eigenvalue weighted by atomic mass is 19.4. The number of hydrogen-bond acceptors (Lipinski definition) is 3. The lowest BCUT2D eigenvalue weighted by molar-refractivity contribution is -0.137. The topological polar surface area (TPSA) is 50.9 Å². The van der Waals surface area contributed by atoms with Crippen molar-refractivity contribution in [3.05, 3.63) is 53.7 Å². The van der Waals surface area contributed by atoms with Crippen molar-refractivity contribution in [2.24, 2.45) is 0 Å². The van der Waals surface area contributed by atoms with E-state index in [0.717, 1.165) is 17.8 Å². The lowest BCUT2D eigenvalue weighted by atomic mass is 10.2. The molecule has 2 rings (SSSR count).